The number of aliphatic hydroxyl groups excluding tert-OH is 1. The second kappa shape index (κ2) is 5.24. The van der Waals surface area contributed by atoms with Gasteiger partial charge in [0.25, 0.3) is 0 Å². The first-order valence-electron chi connectivity index (χ1n) is 6.22. The third kappa shape index (κ3) is 2.49. The first-order valence-corrected chi connectivity index (χ1v) is 6.22. The van der Waals surface area contributed by atoms with E-state index in [1.807, 2.05) is 6.92 Å². The van der Waals surface area contributed by atoms with Crippen LogP contribution in [0.2, 0.25) is 0 Å². The van der Waals surface area contributed by atoms with Gasteiger partial charge >= 0.3 is 0 Å². The summed E-state index contributed by atoms with van der Waals surface area (Å²) in [6, 6.07) is 4.16. The fourth-order valence-electron chi connectivity index (χ4n) is 2.42. The molecule has 0 spiro atoms. The minimum atomic E-state index is -0.886. The Morgan fingerprint density at radius 1 is 1.44 bits per heavy atom. The summed E-state index contributed by atoms with van der Waals surface area (Å²) in [5.41, 5.74) is -0.221. The van der Waals surface area contributed by atoms with E-state index >= 15 is 0 Å². The zero-order valence-corrected chi connectivity index (χ0v) is 10.8. The SMILES string of the molecule is COc1ccc(F)cc1C(O)C1(C)CCCCO1. The molecule has 1 N–H and O–H groups in total. The highest BCUT2D eigenvalue weighted by Gasteiger charge is 2.38. The molecule has 1 aliphatic rings. The maximum absolute atomic E-state index is 13.3. The van der Waals surface area contributed by atoms with Gasteiger partial charge in [0.1, 0.15) is 17.7 Å². The van der Waals surface area contributed by atoms with Gasteiger partial charge in [-0.3, -0.25) is 0 Å². The number of methoxy groups -OCH3 is 1. The standard InChI is InChI=1S/C14H19FO3/c1-14(7-3-4-8-18-14)13(16)11-9-10(15)5-6-12(11)17-2/h5-6,9,13,16H,3-4,7-8H2,1-2H3. The molecule has 0 saturated carbocycles. The molecule has 0 bridgehead atoms. The lowest BCUT2D eigenvalue weighted by Gasteiger charge is -2.38. The number of rotatable bonds is 3. The highest BCUT2D eigenvalue weighted by atomic mass is 19.1. The monoisotopic (exact) mass is 254 g/mol. The minimum Gasteiger partial charge on any atom is -0.496 e. The molecule has 18 heavy (non-hydrogen) atoms. The average molecular weight is 254 g/mol. The number of hydrogen-bond acceptors (Lipinski definition) is 3. The van der Waals surface area contributed by atoms with Crippen molar-refractivity contribution in [2.24, 2.45) is 0 Å². The van der Waals surface area contributed by atoms with E-state index < -0.39 is 11.7 Å². The predicted molar refractivity (Wildman–Crippen MR) is 66.1 cm³/mol. The second-order valence-corrected chi connectivity index (χ2v) is 4.91. The van der Waals surface area contributed by atoms with Gasteiger partial charge in [-0.05, 0) is 44.4 Å². The van der Waals surface area contributed by atoms with Crippen LogP contribution in [0.5, 0.6) is 5.75 Å². The van der Waals surface area contributed by atoms with Crippen molar-refractivity contribution < 1.29 is 19.0 Å². The lowest BCUT2D eigenvalue weighted by atomic mass is 9.86. The van der Waals surface area contributed by atoms with E-state index in [1.165, 1.54) is 25.3 Å². The first-order chi connectivity index (χ1) is 8.57. The van der Waals surface area contributed by atoms with E-state index in [0.29, 0.717) is 17.9 Å². The van der Waals surface area contributed by atoms with Crippen molar-refractivity contribution in [1.29, 1.82) is 0 Å². The van der Waals surface area contributed by atoms with Crippen LogP contribution in [0, 0.1) is 5.82 Å². The van der Waals surface area contributed by atoms with Crippen LogP contribution in [0.25, 0.3) is 0 Å². The van der Waals surface area contributed by atoms with E-state index in [4.69, 9.17) is 9.47 Å². The molecule has 2 unspecified atom stereocenters. The van der Waals surface area contributed by atoms with Crippen molar-refractivity contribution in [1.82, 2.24) is 0 Å². The van der Waals surface area contributed by atoms with Gasteiger partial charge in [-0.2, -0.15) is 0 Å². The van der Waals surface area contributed by atoms with Crippen LogP contribution < -0.4 is 4.74 Å². The van der Waals surface area contributed by atoms with Gasteiger partial charge in [0.15, 0.2) is 0 Å². The Labute approximate surface area is 107 Å². The quantitative estimate of drug-likeness (QED) is 0.901. The summed E-state index contributed by atoms with van der Waals surface area (Å²) in [5, 5.41) is 10.5. The molecule has 1 fully saturated rings. The largest absolute Gasteiger partial charge is 0.496 e. The lowest BCUT2D eigenvalue weighted by Crippen LogP contribution is -2.39. The molecule has 0 radical (unpaired) electrons. The summed E-state index contributed by atoms with van der Waals surface area (Å²) in [7, 11) is 1.51. The number of benzene rings is 1. The van der Waals surface area contributed by atoms with Crippen LogP contribution in [0.1, 0.15) is 37.9 Å². The molecule has 2 rings (SSSR count). The van der Waals surface area contributed by atoms with E-state index in [9.17, 15) is 9.50 Å². The Hall–Kier alpha value is -1.13. The number of hydrogen-bond donors (Lipinski definition) is 1. The van der Waals surface area contributed by atoms with Crippen molar-refractivity contribution in [3.63, 3.8) is 0 Å². The summed E-state index contributed by atoms with van der Waals surface area (Å²) in [4.78, 5) is 0. The molecule has 0 aliphatic carbocycles. The Balaban J connectivity index is 2.32. The van der Waals surface area contributed by atoms with Crippen molar-refractivity contribution in [3.05, 3.63) is 29.6 Å². The van der Waals surface area contributed by atoms with Gasteiger partial charge in [0.2, 0.25) is 0 Å². The molecule has 100 valence electrons. The van der Waals surface area contributed by atoms with Crippen LogP contribution in [-0.2, 0) is 4.74 Å². The molecular formula is C14H19FO3. The molecule has 0 aromatic heterocycles. The van der Waals surface area contributed by atoms with Crippen molar-refractivity contribution in [2.75, 3.05) is 13.7 Å². The Morgan fingerprint density at radius 2 is 2.22 bits per heavy atom. The number of aliphatic hydroxyl groups is 1. The van der Waals surface area contributed by atoms with Crippen LogP contribution in [0.3, 0.4) is 0 Å². The van der Waals surface area contributed by atoms with Crippen molar-refractivity contribution in [2.45, 2.75) is 37.9 Å². The zero-order chi connectivity index (χ0) is 13.2. The summed E-state index contributed by atoms with van der Waals surface area (Å²) in [6.45, 7) is 2.49. The number of halogens is 1. The summed E-state index contributed by atoms with van der Waals surface area (Å²) in [6.07, 6.45) is 1.88. The Morgan fingerprint density at radius 3 is 2.83 bits per heavy atom. The van der Waals surface area contributed by atoms with Crippen molar-refractivity contribution in [3.8, 4) is 5.75 Å². The van der Waals surface area contributed by atoms with Gasteiger partial charge in [0, 0.05) is 12.2 Å². The first kappa shape index (κ1) is 13.3. The summed E-state index contributed by atoms with van der Waals surface area (Å²) >= 11 is 0. The Bertz CT molecular complexity index is 414. The van der Waals surface area contributed by atoms with Crippen LogP contribution in [0.4, 0.5) is 4.39 Å². The molecule has 1 aliphatic heterocycles. The molecule has 1 heterocycles. The summed E-state index contributed by atoms with van der Waals surface area (Å²) in [5.74, 6) is 0.101. The van der Waals surface area contributed by atoms with Gasteiger partial charge in [0.05, 0.1) is 12.7 Å². The molecule has 1 aromatic rings. The van der Waals surface area contributed by atoms with E-state index in [-0.39, 0.29) is 5.82 Å². The van der Waals surface area contributed by atoms with E-state index in [0.717, 1.165) is 19.3 Å². The fraction of sp³-hybridized carbons (Fsp3) is 0.571. The maximum atomic E-state index is 13.3. The molecular weight excluding hydrogens is 235 g/mol. The van der Waals surface area contributed by atoms with Crippen LogP contribution in [0.15, 0.2) is 18.2 Å². The Kier molecular flexibility index (Phi) is 3.88. The normalized spacial score (nSPS) is 25.8. The van der Waals surface area contributed by atoms with E-state index in [2.05, 4.69) is 0 Å². The summed E-state index contributed by atoms with van der Waals surface area (Å²) < 4.78 is 24.2. The van der Waals surface area contributed by atoms with E-state index in [1.54, 1.807) is 0 Å². The smallest absolute Gasteiger partial charge is 0.124 e. The number of ether oxygens (including phenoxy) is 2. The van der Waals surface area contributed by atoms with Crippen molar-refractivity contribution >= 4 is 0 Å². The average Bonchev–Trinajstić information content (AvgIpc) is 2.38. The second-order valence-electron chi connectivity index (χ2n) is 4.91. The van der Waals surface area contributed by atoms with Crippen LogP contribution in [-0.4, -0.2) is 24.4 Å². The highest BCUT2D eigenvalue weighted by Crippen LogP contribution is 2.39. The van der Waals surface area contributed by atoms with Crippen LogP contribution >= 0.6 is 0 Å². The van der Waals surface area contributed by atoms with Gasteiger partial charge in [-0.25, -0.2) is 4.39 Å². The third-order valence-electron chi connectivity index (χ3n) is 3.56. The predicted octanol–water partition coefficient (Wildman–Crippen LogP) is 2.83. The van der Waals surface area contributed by atoms with Gasteiger partial charge in [-0.1, -0.05) is 0 Å². The maximum Gasteiger partial charge on any atom is 0.124 e. The molecule has 4 heteroatoms. The molecule has 2 atom stereocenters. The van der Waals surface area contributed by atoms with Gasteiger partial charge in [-0.15, -0.1) is 0 Å². The third-order valence-corrected chi connectivity index (χ3v) is 3.56. The molecule has 0 amide bonds. The lowest BCUT2D eigenvalue weighted by molar-refractivity contribution is -0.138. The topological polar surface area (TPSA) is 38.7 Å². The van der Waals surface area contributed by atoms with Gasteiger partial charge < -0.3 is 14.6 Å². The highest BCUT2D eigenvalue weighted by molar-refractivity contribution is 5.37. The minimum absolute atomic E-state index is 0.385. The molecule has 1 saturated heterocycles. The fourth-order valence-corrected chi connectivity index (χ4v) is 2.42. The zero-order valence-electron chi connectivity index (χ0n) is 10.8. The molecule has 3 nitrogen and oxygen atoms in total. The molecule has 1 aromatic carbocycles.